The van der Waals surface area contributed by atoms with E-state index >= 15 is 0 Å². The van der Waals surface area contributed by atoms with Crippen LogP contribution in [0.25, 0.3) is 0 Å². The number of aliphatic hydroxyl groups is 3. The van der Waals surface area contributed by atoms with Crippen molar-refractivity contribution in [1.82, 2.24) is 0 Å². The first-order valence-corrected chi connectivity index (χ1v) is 4.57. The van der Waals surface area contributed by atoms with E-state index < -0.39 is 18.8 Å². The first kappa shape index (κ1) is 11.7. The van der Waals surface area contributed by atoms with Gasteiger partial charge in [-0.2, -0.15) is 5.26 Å². The Bertz CT molecular complexity index is 384. The van der Waals surface area contributed by atoms with Crippen LogP contribution in [0.15, 0.2) is 18.2 Å². The van der Waals surface area contributed by atoms with E-state index in [-0.39, 0.29) is 0 Å². The highest BCUT2D eigenvalue weighted by Gasteiger charge is 2.19. The lowest BCUT2D eigenvalue weighted by molar-refractivity contribution is -0.0155. The molecule has 80 valence electrons. The van der Waals surface area contributed by atoms with Crippen molar-refractivity contribution in [3.8, 4) is 6.07 Å². The van der Waals surface area contributed by atoms with Gasteiger partial charge in [0.15, 0.2) is 0 Å². The molecule has 0 saturated heterocycles. The number of hydrogen-bond donors (Lipinski definition) is 3. The zero-order valence-electron chi connectivity index (χ0n) is 8.38. The van der Waals surface area contributed by atoms with Crippen molar-refractivity contribution >= 4 is 0 Å². The molecule has 1 aromatic carbocycles. The molecule has 0 aliphatic heterocycles. The summed E-state index contributed by atoms with van der Waals surface area (Å²) in [4.78, 5) is 0. The van der Waals surface area contributed by atoms with Crippen LogP contribution in [0.4, 0.5) is 0 Å². The Morgan fingerprint density at radius 3 is 2.60 bits per heavy atom. The Hall–Kier alpha value is -1.41. The Kier molecular flexibility index (Phi) is 3.81. The van der Waals surface area contributed by atoms with Crippen molar-refractivity contribution in [3.05, 3.63) is 34.9 Å². The van der Waals surface area contributed by atoms with Gasteiger partial charge in [0, 0.05) is 0 Å². The fourth-order valence-electron chi connectivity index (χ4n) is 1.34. The summed E-state index contributed by atoms with van der Waals surface area (Å²) in [6, 6.07) is 6.80. The van der Waals surface area contributed by atoms with Crippen LogP contribution in [0.5, 0.6) is 0 Å². The van der Waals surface area contributed by atoms with E-state index in [0.717, 1.165) is 5.56 Å². The van der Waals surface area contributed by atoms with Crippen LogP contribution in [0.2, 0.25) is 0 Å². The van der Waals surface area contributed by atoms with Crippen LogP contribution in [-0.4, -0.2) is 28.0 Å². The molecule has 0 amide bonds. The van der Waals surface area contributed by atoms with Gasteiger partial charge in [0.2, 0.25) is 0 Å². The second-order valence-electron chi connectivity index (χ2n) is 3.38. The molecule has 0 radical (unpaired) electrons. The van der Waals surface area contributed by atoms with Crippen molar-refractivity contribution in [2.45, 2.75) is 19.1 Å². The molecule has 2 atom stereocenters. The molecule has 0 aromatic heterocycles. The largest absolute Gasteiger partial charge is 0.394 e. The fraction of sp³-hybridized carbons (Fsp3) is 0.364. The van der Waals surface area contributed by atoms with Crippen molar-refractivity contribution < 1.29 is 15.3 Å². The molecular formula is C11H13NO3. The topological polar surface area (TPSA) is 84.5 Å². The van der Waals surface area contributed by atoms with Crippen molar-refractivity contribution in [3.63, 3.8) is 0 Å². The summed E-state index contributed by atoms with van der Waals surface area (Å²) in [6.45, 7) is 1.25. The fourth-order valence-corrected chi connectivity index (χ4v) is 1.34. The van der Waals surface area contributed by atoms with E-state index in [0.29, 0.717) is 11.1 Å². The van der Waals surface area contributed by atoms with Gasteiger partial charge in [-0.3, -0.25) is 0 Å². The van der Waals surface area contributed by atoms with Gasteiger partial charge in [-0.25, -0.2) is 0 Å². The molecule has 1 rings (SSSR count). The van der Waals surface area contributed by atoms with E-state index in [1.54, 1.807) is 19.1 Å². The number of aliphatic hydroxyl groups excluding tert-OH is 3. The van der Waals surface area contributed by atoms with Crippen LogP contribution in [0.1, 0.15) is 22.8 Å². The Balaban J connectivity index is 3.07. The van der Waals surface area contributed by atoms with Gasteiger partial charge in [-0.1, -0.05) is 6.07 Å². The molecule has 0 spiro atoms. The van der Waals surface area contributed by atoms with Gasteiger partial charge in [0.1, 0.15) is 12.2 Å². The van der Waals surface area contributed by atoms with Crippen LogP contribution in [0, 0.1) is 18.3 Å². The number of nitrogens with zero attached hydrogens (tertiary/aromatic N) is 1. The van der Waals surface area contributed by atoms with Crippen molar-refractivity contribution in [2.24, 2.45) is 0 Å². The molecule has 0 saturated carbocycles. The van der Waals surface area contributed by atoms with Gasteiger partial charge in [0.05, 0.1) is 18.2 Å². The monoisotopic (exact) mass is 207 g/mol. The van der Waals surface area contributed by atoms with Gasteiger partial charge in [0.25, 0.3) is 0 Å². The first-order chi connectivity index (χ1) is 7.10. The SMILES string of the molecule is Cc1ccc(C#N)cc1C(O)C(O)CO. The number of aryl methyl sites for hydroxylation is 1. The minimum absolute atomic E-state index is 0.416. The average Bonchev–Trinajstić information content (AvgIpc) is 2.27. The highest BCUT2D eigenvalue weighted by atomic mass is 16.4. The van der Waals surface area contributed by atoms with E-state index in [4.69, 9.17) is 10.4 Å². The molecule has 1 aromatic rings. The summed E-state index contributed by atoms with van der Waals surface area (Å²) < 4.78 is 0. The highest BCUT2D eigenvalue weighted by molar-refractivity contribution is 5.39. The summed E-state index contributed by atoms with van der Waals surface area (Å²) in [7, 11) is 0. The maximum Gasteiger partial charge on any atom is 0.107 e. The molecule has 0 heterocycles. The molecule has 0 bridgehead atoms. The normalized spacial score (nSPS) is 14.3. The quantitative estimate of drug-likeness (QED) is 0.663. The molecule has 0 aliphatic rings. The Morgan fingerprint density at radius 1 is 1.40 bits per heavy atom. The molecule has 15 heavy (non-hydrogen) atoms. The number of rotatable bonds is 3. The molecule has 4 nitrogen and oxygen atoms in total. The minimum Gasteiger partial charge on any atom is -0.394 e. The third-order valence-electron chi connectivity index (χ3n) is 2.28. The minimum atomic E-state index is -1.22. The lowest BCUT2D eigenvalue weighted by Crippen LogP contribution is -2.22. The summed E-state index contributed by atoms with van der Waals surface area (Å²) in [5.41, 5.74) is 1.66. The molecule has 3 N–H and O–H groups in total. The first-order valence-electron chi connectivity index (χ1n) is 4.57. The van der Waals surface area contributed by atoms with Crippen LogP contribution >= 0.6 is 0 Å². The molecular weight excluding hydrogens is 194 g/mol. The maximum atomic E-state index is 9.67. The molecule has 4 heteroatoms. The second-order valence-corrected chi connectivity index (χ2v) is 3.38. The highest BCUT2D eigenvalue weighted by Crippen LogP contribution is 2.21. The van der Waals surface area contributed by atoms with Gasteiger partial charge in [-0.15, -0.1) is 0 Å². The van der Waals surface area contributed by atoms with Crippen LogP contribution < -0.4 is 0 Å². The third-order valence-corrected chi connectivity index (χ3v) is 2.28. The number of hydrogen-bond acceptors (Lipinski definition) is 4. The molecule has 2 unspecified atom stereocenters. The average molecular weight is 207 g/mol. The summed E-state index contributed by atoms with van der Waals surface area (Å²) in [5.74, 6) is 0. The predicted molar refractivity (Wildman–Crippen MR) is 53.9 cm³/mol. The van der Waals surface area contributed by atoms with E-state index in [1.807, 2.05) is 6.07 Å². The lowest BCUT2D eigenvalue weighted by atomic mass is 9.98. The summed E-state index contributed by atoms with van der Waals surface area (Å²) in [5, 5.41) is 36.4. The molecule has 0 fully saturated rings. The standard InChI is InChI=1S/C11H13NO3/c1-7-2-3-8(5-12)4-9(7)11(15)10(14)6-13/h2-4,10-11,13-15H,6H2,1H3. The zero-order chi connectivity index (χ0) is 11.4. The van der Waals surface area contributed by atoms with E-state index in [9.17, 15) is 10.2 Å². The number of benzene rings is 1. The number of nitriles is 1. The molecule has 0 aliphatic carbocycles. The maximum absolute atomic E-state index is 9.67. The summed E-state index contributed by atoms with van der Waals surface area (Å²) in [6.07, 6.45) is -2.39. The van der Waals surface area contributed by atoms with Crippen LogP contribution in [0.3, 0.4) is 0 Å². The van der Waals surface area contributed by atoms with Gasteiger partial charge in [-0.05, 0) is 30.2 Å². The van der Waals surface area contributed by atoms with Crippen LogP contribution in [-0.2, 0) is 0 Å². The Morgan fingerprint density at radius 2 is 2.07 bits per heavy atom. The van der Waals surface area contributed by atoms with E-state index in [1.165, 1.54) is 6.07 Å². The Labute approximate surface area is 88.0 Å². The summed E-state index contributed by atoms with van der Waals surface area (Å²) >= 11 is 0. The van der Waals surface area contributed by atoms with Crippen molar-refractivity contribution in [2.75, 3.05) is 6.61 Å². The predicted octanol–water partition coefficient (Wildman–Crippen LogP) is 0.253. The van der Waals surface area contributed by atoms with Crippen molar-refractivity contribution in [1.29, 1.82) is 5.26 Å². The van der Waals surface area contributed by atoms with Gasteiger partial charge < -0.3 is 15.3 Å². The lowest BCUT2D eigenvalue weighted by Gasteiger charge is -2.18. The van der Waals surface area contributed by atoms with Gasteiger partial charge >= 0.3 is 0 Å². The smallest absolute Gasteiger partial charge is 0.107 e. The second kappa shape index (κ2) is 4.89. The van der Waals surface area contributed by atoms with E-state index in [2.05, 4.69) is 0 Å². The third kappa shape index (κ3) is 2.54. The zero-order valence-corrected chi connectivity index (χ0v) is 8.38.